The Labute approximate surface area is 128 Å². The van der Waals surface area contributed by atoms with Crippen molar-refractivity contribution in [2.45, 2.75) is 57.1 Å². The van der Waals surface area contributed by atoms with Crippen LogP contribution in [0.1, 0.15) is 52.4 Å². The smallest absolute Gasteiger partial charge is 0.234 e. The molecule has 4 nitrogen and oxygen atoms in total. The molecule has 0 aliphatic carbocycles. The Morgan fingerprint density at radius 1 is 1.30 bits per heavy atom. The van der Waals surface area contributed by atoms with Crippen molar-refractivity contribution in [3.63, 3.8) is 0 Å². The van der Waals surface area contributed by atoms with Gasteiger partial charge in [0.15, 0.2) is 0 Å². The maximum absolute atomic E-state index is 12.3. The number of likely N-dealkylation sites (tertiary alicyclic amines) is 1. The highest BCUT2D eigenvalue weighted by Gasteiger charge is 2.46. The van der Waals surface area contributed by atoms with Crippen LogP contribution in [0.3, 0.4) is 0 Å². The fraction of sp³-hybridized carbons (Fsp3) is 0.867. The third kappa shape index (κ3) is 4.48. The molecule has 1 fully saturated rings. The molecule has 0 spiro atoms. The Hall–Kier alpha value is -0.550. The molecule has 2 atom stereocenters. The van der Waals surface area contributed by atoms with Crippen LogP contribution in [0.4, 0.5) is 0 Å². The number of hydrogen-bond donors (Lipinski definition) is 2. The molecule has 0 aromatic heterocycles. The van der Waals surface area contributed by atoms with Gasteiger partial charge in [-0.05, 0) is 39.8 Å². The Morgan fingerprint density at radius 2 is 1.95 bits per heavy atom. The third-order valence-electron chi connectivity index (χ3n) is 4.27. The van der Waals surface area contributed by atoms with E-state index < -0.39 is 0 Å². The molecule has 20 heavy (non-hydrogen) atoms. The van der Waals surface area contributed by atoms with E-state index in [1.165, 1.54) is 4.90 Å². The summed E-state index contributed by atoms with van der Waals surface area (Å²) in [7, 11) is 1.95. The zero-order chi connectivity index (χ0) is 15.2. The summed E-state index contributed by atoms with van der Waals surface area (Å²) in [6, 6.07) is 0. The summed E-state index contributed by atoms with van der Waals surface area (Å²) in [6.45, 7) is 5.56. The molecule has 0 radical (unpaired) electrons. The maximum Gasteiger partial charge on any atom is 0.234 e. The van der Waals surface area contributed by atoms with Crippen molar-refractivity contribution in [1.82, 2.24) is 10.2 Å². The van der Waals surface area contributed by atoms with Crippen LogP contribution in [0.15, 0.2) is 0 Å². The summed E-state index contributed by atoms with van der Waals surface area (Å²) in [5, 5.41) is 3.12. The molecule has 0 saturated carbocycles. The first kappa shape index (κ1) is 17.5. The van der Waals surface area contributed by atoms with E-state index in [0.29, 0.717) is 13.0 Å². The summed E-state index contributed by atoms with van der Waals surface area (Å²) in [6.07, 6.45) is 5.37. The molecule has 2 amide bonds. The van der Waals surface area contributed by atoms with Crippen LogP contribution in [0, 0.1) is 5.92 Å². The van der Waals surface area contributed by atoms with Crippen LogP contribution >= 0.6 is 12.6 Å². The zero-order valence-electron chi connectivity index (χ0n) is 12.9. The molecular formula is C15H28N2O2S. The third-order valence-corrected chi connectivity index (χ3v) is 4.90. The summed E-state index contributed by atoms with van der Waals surface area (Å²) in [4.78, 5) is 25.8. The van der Waals surface area contributed by atoms with Crippen LogP contribution in [0.25, 0.3) is 0 Å². The van der Waals surface area contributed by atoms with E-state index >= 15 is 0 Å². The van der Waals surface area contributed by atoms with Gasteiger partial charge in [-0.25, -0.2) is 0 Å². The maximum atomic E-state index is 12.3. The Bertz CT molecular complexity index is 345. The summed E-state index contributed by atoms with van der Waals surface area (Å²) in [5.74, 6) is -0.304. The SMILES string of the molecule is CCC(C)(S)C1CC(=O)N(CCCCCCNC)C1=O. The van der Waals surface area contributed by atoms with Gasteiger partial charge in [0.2, 0.25) is 11.8 Å². The van der Waals surface area contributed by atoms with E-state index in [4.69, 9.17) is 0 Å². The van der Waals surface area contributed by atoms with Crippen LogP contribution in [0.2, 0.25) is 0 Å². The van der Waals surface area contributed by atoms with Crippen molar-refractivity contribution >= 4 is 24.4 Å². The fourth-order valence-corrected chi connectivity index (χ4v) is 2.78. The zero-order valence-corrected chi connectivity index (χ0v) is 13.8. The second-order valence-corrected chi connectivity index (χ2v) is 6.89. The van der Waals surface area contributed by atoms with Crippen molar-refractivity contribution in [2.24, 2.45) is 5.92 Å². The van der Waals surface area contributed by atoms with Gasteiger partial charge in [0.25, 0.3) is 0 Å². The van der Waals surface area contributed by atoms with Crippen molar-refractivity contribution in [2.75, 3.05) is 20.1 Å². The first-order chi connectivity index (χ1) is 9.44. The number of amides is 2. The Kier molecular flexibility index (Phi) is 7.03. The first-order valence-corrected chi connectivity index (χ1v) is 8.10. The van der Waals surface area contributed by atoms with Gasteiger partial charge in [0.05, 0.1) is 5.92 Å². The average molecular weight is 300 g/mol. The van der Waals surface area contributed by atoms with Crippen LogP contribution in [-0.4, -0.2) is 41.6 Å². The molecule has 1 rings (SSSR count). The van der Waals surface area contributed by atoms with E-state index in [9.17, 15) is 9.59 Å². The van der Waals surface area contributed by atoms with Gasteiger partial charge >= 0.3 is 0 Å². The molecule has 0 bridgehead atoms. The number of rotatable bonds is 9. The standard InChI is InChI=1S/C15H28N2O2S/c1-4-15(2,20)12-11-13(18)17(14(12)19)10-8-6-5-7-9-16-3/h12,16,20H,4-11H2,1-3H3. The quantitative estimate of drug-likeness (QED) is 0.390. The van der Waals surface area contributed by atoms with Crippen LogP contribution < -0.4 is 5.32 Å². The normalized spacial score (nSPS) is 22.4. The van der Waals surface area contributed by atoms with Crippen molar-refractivity contribution in [3.8, 4) is 0 Å². The number of imide groups is 1. The molecule has 1 aliphatic heterocycles. The van der Waals surface area contributed by atoms with Gasteiger partial charge in [-0.1, -0.05) is 19.8 Å². The van der Waals surface area contributed by atoms with Gasteiger partial charge in [0, 0.05) is 17.7 Å². The molecule has 0 aromatic rings. The van der Waals surface area contributed by atoms with E-state index in [-0.39, 0.29) is 22.5 Å². The van der Waals surface area contributed by atoms with E-state index in [0.717, 1.165) is 38.6 Å². The van der Waals surface area contributed by atoms with Crippen LogP contribution in [-0.2, 0) is 9.59 Å². The lowest BCUT2D eigenvalue weighted by atomic mass is 9.89. The molecule has 1 heterocycles. The highest BCUT2D eigenvalue weighted by atomic mass is 32.1. The molecule has 0 aromatic carbocycles. The van der Waals surface area contributed by atoms with Crippen molar-refractivity contribution in [3.05, 3.63) is 0 Å². The van der Waals surface area contributed by atoms with Crippen LogP contribution in [0.5, 0.6) is 0 Å². The predicted octanol–water partition coefficient (Wildman–Crippen LogP) is 2.24. The number of thiol groups is 1. The first-order valence-electron chi connectivity index (χ1n) is 7.65. The minimum absolute atomic E-state index is 0.0235. The molecule has 1 aliphatic rings. The number of nitrogens with zero attached hydrogens (tertiary/aromatic N) is 1. The van der Waals surface area contributed by atoms with Gasteiger partial charge in [-0.2, -0.15) is 12.6 Å². The number of carbonyl (C=O) groups is 2. The lowest BCUT2D eigenvalue weighted by Crippen LogP contribution is -2.37. The summed E-state index contributed by atoms with van der Waals surface area (Å²) >= 11 is 4.56. The highest BCUT2D eigenvalue weighted by Crippen LogP contribution is 2.36. The topological polar surface area (TPSA) is 49.4 Å². The van der Waals surface area contributed by atoms with Crippen molar-refractivity contribution < 1.29 is 9.59 Å². The van der Waals surface area contributed by atoms with Crippen molar-refractivity contribution in [1.29, 1.82) is 0 Å². The lowest BCUT2D eigenvalue weighted by molar-refractivity contribution is -0.139. The van der Waals surface area contributed by atoms with Gasteiger partial charge in [0.1, 0.15) is 0 Å². The monoisotopic (exact) mass is 300 g/mol. The lowest BCUT2D eigenvalue weighted by Gasteiger charge is -2.27. The summed E-state index contributed by atoms with van der Waals surface area (Å²) in [5.41, 5.74) is 0. The number of unbranched alkanes of at least 4 members (excludes halogenated alkanes) is 3. The average Bonchev–Trinajstić information content (AvgIpc) is 2.70. The Balaban J connectivity index is 2.40. The minimum atomic E-state index is -0.381. The predicted molar refractivity (Wildman–Crippen MR) is 84.9 cm³/mol. The number of hydrogen-bond acceptors (Lipinski definition) is 4. The van der Waals surface area contributed by atoms with E-state index in [1.54, 1.807) is 0 Å². The molecule has 5 heteroatoms. The highest BCUT2D eigenvalue weighted by molar-refractivity contribution is 7.81. The van der Waals surface area contributed by atoms with Gasteiger partial charge < -0.3 is 5.32 Å². The number of nitrogens with one attached hydrogen (secondary N) is 1. The minimum Gasteiger partial charge on any atom is -0.320 e. The van der Waals surface area contributed by atoms with Gasteiger partial charge in [-0.3, -0.25) is 14.5 Å². The fourth-order valence-electron chi connectivity index (χ4n) is 2.58. The largest absolute Gasteiger partial charge is 0.320 e. The summed E-state index contributed by atoms with van der Waals surface area (Å²) < 4.78 is -0.381. The molecule has 2 unspecified atom stereocenters. The van der Waals surface area contributed by atoms with E-state index in [2.05, 4.69) is 17.9 Å². The van der Waals surface area contributed by atoms with Gasteiger partial charge in [-0.15, -0.1) is 0 Å². The second kappa shape index (κ2) is 8.03. The van der Waals surface area contributed by atoms with E-state index in [1.807, 2.05) is 20.9 Å². The second-order valence-electron chi connectivity index (χ2n) is 5.87. The number of carbonyl (C=O) groups excluding carboxylic acids is 2. The molecule has 1 N–H and O–H groups in total. The molecule has 116 valence electrons. The Morgan fingerprint density at radius 3 is 2.55 bits per heavy atom. The molecule has 1 saturated heterocycles. The molecular weight excluding hydrogens is 272 g/mol.